The Kier molecular flexibility index (Phi) is 3.50. The van der Waals surface area contributed by atoms with Crippen LogP contribution in [-0.4, -0.2) is 42.3 Å². The van der Waals surface area contributed by atoms with E-state index in [9.17, 15) is 14.4 Å². The maximum atomic E-state index is 11.8. The number of nitrogens with one attached hydrogen (secondary N) is 2. The lowest BCUT2D eigenvalue weighted by molar-refractivity contribution is -0.116. The molecule has 1 unspecified atom stereocenters. The minimum absolute atomic E-state index is 0.0224. The molecule has 3 amide bonds. The lowest BCUT2D eigenvalue weighted by Gasteiger charge is -2.06. The van der Waals surface area contributed by atoms with Gasteiger partial charge in [0.2, 0.25) is 5.91 Å². The van der Waals surface area contributed by atoms with Gasteiger partial charge < -0.3 is 15.5 Å². The van der Waals surface area contributed by atoms with Crippen molar-refractivity contribution in [1.82, 2.24) is 10.2 Å². The number of Topliss-reactive ketones (excluding diaryl/α,β-unsaturated/α-hetero) is 1. The van der Waals surface area contributed by atoms with Crippen LogP contribution in [0.1, 0.15) is 17.3 Å². The van der Waals surface area contributed by atoms with E-state index < -0.39 is 6.04 Å². The largest absolute Gasteiger partial charge is 0.341 e. The molecule has 0 aromatic heterocycles. The number of ketones is 1. The third kappa shape index (κ3) is 2.90. The van der Waals surface area contributed by atoms with Crippen LogP contribution in [0.25, 0.3) is 0 Å². The Hall–Kier alpha value is -2.37. The Balaban J connectivity index is 1.93. The quantitative estimate of drug-likeness (QED) is 0.625. The zero-order valence-electron chi connectivity index (χ0n) is 10.8. The van der Waals surface area contributed by atoms with Crippen molar-refractivity contribution < 1.29 is 14.4 Å². The third-order valence-corrected chi connectivity index (χ3v) is 2.95. The molecule has 1 atom stereocenters. The molecule has 1 saturated heterocycles. The van der Waals surface area contributed by atoms with E-state index in [-0.39, 0.29) is 17.7 Å². The summed E-state index contributed by atoms with van der Waals surface area (Å²) < 4.78 is 0. The van der Waals surface area contributed by atoms with E-state index in [1.165, 1.54) is 18.9 Å². The fraction of sp³-hybridized carbons (Fsp3) is 0.308. The Bertz CT molecular complexity index is 524. The lowest BCUT2D eigenvalue weighted by Crippen LogP contribution is -2.30. The summed E-state index contributed by atoms with van der Waals surface area (Å²) in [5.41, 5.74) is 1.20. The minimum Gasteiger partial charge on any atom is -0.341 e. The molecule has 1 aromatic rings. The minimum atomic E-state index is -0.410. The number of urea groups is 1. The predicted octanol–water partition coefficient (Wildman–Crippen LogP) is 0.851. The van der Waals surface area contributed by atoms with Gasteiger partial charge in [-0.25, -0.2) is 4.79 Å². The Morgan fingerprint density at radius 1 is 1.21 bits per heavy atom. The van der Waals surface area contributed by atoms with Crippen LogP contribution in [0, 0.1) is 0 Å². The third-order valence-electron chi connectivity index (χ3n) is 2.95. The standard InChI is InChI=1S/C13H15N3O3/c1-8(17)9-3-5-10(6-4-9)15-12(18)11-7-16(11)13(19)14-2/h3-6,11H,7H2,1-2H3,(H,14,19)(H,15,18). The molecule has 1 heterocycles. The van der Waals surface area contributed by atoms with Crippen LogP contribution in [-0.2, 0) is 4.79 Å². The highest BCUT2D eigenvalue weighted by atomic mass is 16.2. The van der Waals surface area contributed by atoms with Crippen LogP contribution in [0.3, 0.4) is 0 Å². The monoisotopic (exact) mass is 261 g/mol. The molecule has 2 N–H and O–H groups in total. The number of carbonyl (C=O) groups excluding carboxylic acids is 3. The van der Waals surface area contributed by atoms with Crippen LogP contribution >= 0.6 is 0 Å². The molecule has 0 aliphatic carbocycles. The number of anilines is 1. The Morgan fingerprint density at radius 2 is 1.84 bits per heavy atom. The van der Waals surface area contributed by atoms with Gasteiger partial charge in [-0.1, -0.05) is 0 Å². The van der Waals surface area contributed by atoms with E-state index in [4.69, 9.17) is 0 Å². The van der Waals surface area contributed by atoms with Gasteiger partial charge in [-0.3, -0.25) is 9.59 Å². The van der Waals surface area contributed by atoms with E-state index in [2.05, 4.69) is 10.6 Å². The summed E-state index contributed by atoms with van der Waals surface area (Å²) >= 11 is 0. The van der Waals surface area contributed by atoms with Gasteiger partial charge in [-0.15, -0.1) is 0 Å². The molecule has 6 heteroatoms. The number of amides is 3. The molecular formula is C13H15N3O3. The van der Waals surface area contributed by atoms with Gasteiger partial charge >= 0.3 is 6.03 Å². The average Bonchev–Trinajstić information content (AvgIpc) is 3.18. The average molecular weight is 261 g/mol. The summed E-state index contributed by atoms with van der Waals surface area (Å²) in [4.78, 5) is 35.6. The second-order valence-corrected chi connectivity index (χ2v) is 4.35. The zero-order chi connectivity index (χ0) is 14.0. The number of rotatable bonds is 3. The molecule has 0 bridgehead atoms. The highest BCUT2D eigenvalue weighted by molar-refractivity contribution is 6.01. The summed E-state index contributed by atoms with van der Waals surface area (Å²) in [7, 11) is 1.52. The normalized spacial score (nSPS) is 16.7. The summed E-state index contributed by atoms with van der Waals surface area (Å²) in [6, 6.07) is 5.98. The van der Waals surface area contributed by atoms with Gasteiger partial charge in [0.15, 0.2) is 5.78 Å². The maximum Gasteiger partial charge on any atom is 0.317 e. The van der Waals surface area contributed by atoms with Gasteiger partial charge in [-0.2, -0.15) is 0 Å². The number of hydrogen-bond acceptors (Lipinski definition) is 3. The van der Waals surface area contributed by atoms with Crippen molar-refractivity contribution in [3.05, 3.63) is 29.8 Å². The molecule has 19 heavy (non-hydrogen) atoms. The SMILES string of the molecule is CNC(=O)N1CC1C(=O)Nc1ccc(C(C)=O)cc1. The fourth-order valence-electron chi connectivity index (χ4n) is 1.75. The molecule has 2 rings (SSSR count). The van der Waals surface area contributed by atoms with Crippen molar-refractivity contribution in [3.8, 4) is 0 Å². The summed E-state index contributed by atoms with van der Waals surface area (Å²) in [6.45, 7) is 1.91. The molecule has 1 aliphatic heterocycles. The summed E-state index contributed by atoms with van der Waals surface area (Å²) in [6.07, 6.45) is 0. The lowest BCUT2D eigenvalue weighted by atomic mass is 10.1. The smallest absolute Gasteiger partial charge is 0.317 e. The van der Waals surface area contributed by atoms with Crippen molar-refractivity contribution in [2.24, 2.45) is 0 Å². The number of benzene rings is 1. The van der Waals surface area contributed by atoms with E-state index >= 15 is 0 Å². The van der Waals surface area contributed by atoms with E-state index in [1.807, 2.05) is 0 Å². The van der Waals surface area contributed by atoms with Crippen LogP contribution in [0.5, 0.6) is 0 Å². The second-order valence-electron chi connectivity index (χ2n) is 4.35. The number of nitrogens with zero attached hydrogens (tertiary/aromatic N) is 1. The highest BCUT2D eigenvalue weighted by Crippen LogP contribution is 2.19. The van der Waals surface area contributed by atoms with Crippen LogP contribution in [0.4, 0.5) is 10.5 Å². The highest BCUT2D eigenvalue weighted by Gasteiger charge is 2.43. The molecule has 1 aliphatic rings. The molecular weight excluding hydrogens is 246 g/mol. The van der Waals surface area contributed by atoms with Crippen LogP contribution in [0.2, 0.25) is 0 Å². The van der Waals surface area contributed by atoms with Gasteiger partial charge in [0.05, 0.1) is 6.54 Å². The molecule has 1 fully saturated rings. The van der Waals surface area contributed by atoms with Gasteiger partial charge in [0, 0.05) is 18.3 Å². The van der Waals surface area contributed by atoms with Crippen molar-refractivity contribution in [2.75, 3.05) is 18.9 Å². The van der Waals surface area contributed by atoms with Crippen LogP contribution < -0.4 is 10.6 Å². The molecule has 6 nitrogen and oxygen atoms in total. The first kappa shape index (κ1) is 13.1. The summed E-state index contributed by atoms with van der Waals surface area (Å²) in [5, 5.41) is 5.17. The topological polar surface area (TPSA) is 78.3 Å². The van der Waals surface area contributed by atoms with Gasteiger partial charge in [0.1, 0.15) is 6.04 Å². The van der Waals surface area contributed by atoms with Crippen molar-refractivity contribution in [3.63, 3.8) is 0 Å². The van der Waals surface area contributed by atoms with Crippen molar-refractivity contribution >= 4 is 23.4 Å². The predicted molar refractivity (Wildman–Crippen MR) is 70.0 cm³/mol. The van der Waals surface area contributed by atoms with E-state index in [0.29, 0.717) is 17.8 Å². The molecule has 0 saturated carbocycles. The summed E-state index contributed by atoms with van der Waals surface area (Å²) in [5.74, 6) is -0.245. The zero-order valence-corrected chi connectivity index (χ0v) is 10.8. The number of hydrogen-bond donors (Lipinski definition) is 2. The van der Waals surface area contributed by atoms with Crippen molar-refractivity contribution in [2.45, 2.75) is 13.0 Å². The van der Waals surface area contributed by atoms with Gasteiger partial charge in [0.25, 0.3) is 0 Å². The van der Waals surface area contributed by atoms with Gasteiger partial charge in [-0.05, 0) is 31.2 Å². The second kappa shape index (κ2) is 5.09. The first-order valence-corrected chi connectivity index (χ1v) is 5.93. The molecule has 100 valence electrons. The maximum absolute atomic E-state index is 11.8. The first-order chi connectivity index (χ1) is 9.02. The molecule has 1 aromatic carbocycles. The molecule has 0 radical (unpaired) electrons. The van der Waals surface area contributed by atoms with E-state index in [1.54, 1.807) is 24.3 Å². The number of carbonyl (C=O) groups is 3. The Morgan fingerprint density at radius 3 is 2.37 bits per heavy atom. The van der Waals surface area contributed by atoms with E-state index in [0.717, 1.165) is 0 Å². The molecule has 0 spiro atoms. The van der Waals surface area contributed by atoms with Crippen molar-refractivity contribution in [1.29, 1.82) is 0 Å². The van der Waals surface area contributed by atoms with Crippen LogP contribution in [0.15, 0.2) is 24.3 Å². The fourth-order valence-corrected chi connectivity index (χ4v) is 1.75. The first-order valence-electron chi connectivity index (χ1n) is 5.93. The Labute approximate surface area is 110 Å².